The van der Waals surface area contributed by atoms with Crippen LogP contribution in [0.1, 0.15) is 23.7 Å². The zero-order valence-electron chi connectivity index (χ0n) is 10.5. The molecule has 1 N–H and O–H groups in total. The van der Waals surface area contributed by atoms with E-state index in [1.165, 1.54) is 16.8 Å². The molecule has 3 nitrogen and oxygen atoms in total. The van der Waals surface area contributed by atoms with Gasteiger partial charge in [-0.1, -0.05) is 29.8 Å². The van der Waals surface area contributed by atoms with Crippen LogP contribution in [0.25, 0.3) is 0 Å². The van der Waals surface area contributed by atoms with E-state index in [-0.39, 0.29) is 0 Å². The molecule has 2 rings (SSSR count). The first-order chi connectivity index (χ1) is 8.29. The highest BCUT2D eigenvalue weighted by Gasteiger charge is 1.99. The smallest absolute Gasteiger partial charge is 0.0522 e. The molecule has 0 saturated carbocycles. The molecule has 17 heavy (non-hydrogen) atoms. The van der Waals surface area contributed by atoms with E-state index < -0.39 is 0 Å². The maximum atomic E-state index is 4.25. The Morgan fingerprint density at radius 2 is 2.12 bits per heavy atom. The molecule has 1 aromatic carbocycles. The zero-order valence-corrected chi connectivity index (χ0v) is 10.5. The van der Waals surface area contributed by atoms with Gasteiger partial charge in [0.15, 0.2) is 0 Å². The second-order valence-electron chi connectivity index (χ2n) is 4.23. The van der Waals surface area contributed by atoms with Crippen molar-refractivity contribution in [2.75, 3.05) is 0 Å². The first-order valence-electron chi connectivity index (χ1n) is 6.06. The highest BCUT2D eigenvalue weighted by atomic mass is 15.3. The van der Waals surface area contributed by atoms with Gasteiger partial charge in [-0.05, 0) is 25.5 Å². The summed E-state index contributed by atoms with van der Waals surface area (Å²) in [5.41, 5.74) is 3.87. The van der Waals surface area contributed by atoms with Gasteiger partial charge in [-0.15, -0.1) is 0 Å². The molecule has 0 atom stereocenters. The quantitative estimate of drug-likeness (QED) is 0.853. The monoisotopic (exact) mass is 229 g/mol. The Morgan fingerprint density at radius 1 is 1.24 bits per heavy atom. The predicted molar refractivity (Wildman–Crippen MR) is 69.6 cm³/mol. The predicted octanol–water partition coefficient (Wildman–Crippen LogP) is 2.50. The van der Waals surface area contributed by atoms with Crippen LogP contribution in [0.5, 0.6) is 0 Å². The van der Waals surface area contributed by atoms with Crippen molar-refractivity contribution in [2.45, 2.75) is 33.5 Å². The number of aryl methyl sites for hydroxylation is 2. The minimum atomic E-state index is 0.863. The lowest BCUT2D eigenvalue weighted by atomic mass is 10.1. The third-order valence-corrected chi connectivity index (χ3v) is 2.82. The van der Waals surface area contributed by atoms with Crippen molar-refractivity contribution in [3.05, 3.63) is 53.3 Å². The van der Waals surface area contributed by atoms with Crippen LogP contribution in [-0.4, -0.2) is 9.78 Å². The second kappa shape index (κ2) is 5.64. The summed E-state index contributed by atoms with van der Waals surface area (Å²) in [7, 11) is 0. The first kappa shape index (κ1) is 11.9. The average Bonchev–Trinajstić information content (AvgIpc) is 2.77. The van der Waals surface area contributed by atoms with Gasteiger partial charge in [0.1, 0.15) is 0 Å². The first-order valence-corrected chi connectivity index (χ1v) is 6.06. The number of hydrogen-bond acceptors (Lipinski definition) is 2. The van der Waals surface area contributed by atoms with Crippen LogP contribution in [0, 0.1) is 6.92 Å². The van der Waals surface area contributed by atoms with Gasteiger partial charge in [-0.2, -0.15) is 5.10 Å². The van der Waals surface area contributed by atoms with Crippen molar-refractivity contribution >= 4 is 0 Å². The van der Waals surface area contributed by atoms with Crippen molar-refractivity contribution < 1.29 is 0 Å². The number of aromatic nitrogens is 2. The summed E-state index contributed by atoms with van der Waals surface area (Å²) in [6, 6.07) is 10.6. The van der Waals surface area contributed by atoms with E-state index in [4.69, 9.17) is 0 Å². The molecule has 0 aliphatic carbocycles. The summed E-state index contributed by atoms with van der Waals surface area (Å²) in [4.78, 5) is 0. The Bertz CT molecular complexity index is 474. The van der Waals surface area contributed by atoms with Gasteiger partial charge < -0.3 is 5.32 Å². The highest BCUT2D eigenvalue weighted by molar-refractivity contribution is 5.22. The van der Waals surface area contributed by atoms with E-state index in [1.807, 2.05) is 10.9 Å². The van der Waals surface area contributed by atoms with E-state index in [0.717, 1.165) is 19.6 Å². The highest BCUT2D eigenvalue weighted by Crippen LogP contribution is 2.04. The summed E-state index contributed by atoms with van der Waals surface area (Å²) in [6.07, 6.45) is 1.85. The molecule has 2 aromatic rings. The number of nitrogens with one attached hydrogen (secondary N) is 1. The maximum Gasteiger partial charge on any atom is 0.0522 e. The van der Waals surface area contributed by atoms with Gasteiger partial charge in [0, 0.05) is 25.8 Å². The van der Waals surface area contributed by atoms with E-state index >= 15 is 0 Å². The van der Waals surface area contributed by atoms with Crippen molar-refractivity contribution in [1.29, 1.82) is 0 Å². The second-order valence-corrected chi connectivity index (χ2v) is 4.23. The fourth-order valence-corrected chi connectivity index (χ4v) is 1.95. The molecule has 1 aromatic heterocycles. The summed E-state index contributed by atoms with van der Waals surface area (Å²) < 4.78 is 2.02. The SMILES string of the molecule is CCn1nccc1CNCc1cccc(C)c1. The van der Waals surface area contributed by atoms with Gasteiger partial charge >= 0.3 is 0 Å². The van der Waals surface area contributed by atoms with Gasteiger partial charge in [-0.3, -0.25) is 4.68 Å². The van der Waals surface area contributed by atoms with Gasteiger partial charge in [0.25, 0.3) is 0 Å². The molecule has 0 saturated heterocycles. The molecule has 0 radical (unpaired) electrons. The lowest BCUT2D eigenvalue weighted by molar-refractivity contribution is 0.581. The Hall–Kier alpha value is -1.61. The summed E-state index contributed by atoms with van der Waals surface area (Å²) in [5, 5.41) is 7.70. The Labute approximate surface area is 102 Å². The van der Waals surface area contributed by atoms with E-state index in [1.54, 1.807) is 0 Å². The van der Waals surface area contributed by atoms with Gasteiger partial charge in [0.2, 0.25) is 0 Å². The number of benzene rings is 1. The summed E-state index contributed by atoms with van der Waals surface area (Å²) >= 11 is 0. The fourth-order valence-electron chi connectivity index (χ4n) is 1.95. The fraction of sp³-hybridized carbons (Fsp3) is 0.357. The lowest BCUT2D eigenvalue weighted by Crippen LogP contribution is -2.16. The van der Waals surface area contributed by atoms with Crippen molar-refractivity contribution in [3.63, 3.8) is 0 Å². The molecular formula is C14H19N3. The average molecular weight is 229 g/mol. The van der Waals surface area contributed by atoms with Crippen molar-refractivity contribution in [3.8, 4) is 0 Å². The van der Waals surface area contributed by atoms with E-state index in [2.05, 4.69) is 54.6 Å². The van der Waals surface area contributed by atoms with Crippen LogP contribution in [0.15, 0.2) is 36.5 Å². The van der Waals surface area contributed by atoms with Gasteiger partial charge in [0.05, 0.1) is 5.69 Å². The molecule has 0 spiro atoms. The summed E-state index contributed by atoms with van der Waals surface area (Å²) in [6.45, 7) is 6.92. The van der Waals surface area contributed by atoms with Crippen molar-refractivity contribution in [2.24, 2.45) is 0 Å². The van der Waals surface area contributed by atoms with Crippen molar-refractivity contribution in [1.82, 2.24) is 15.1 Å². The molecule has 0 fully saturated rings. The number of nitrogens with zero attached hydrogens (tertiary/aromatic N) is 2. The van der Waals surface area contributed by atoms with Crippen LogP contribution in [0.4, 0.5) is 0 Å². The van der Waals surface area contributed by atoms with Crippen LogP contribution in [-0.2, 0) is 19.6 Å². The molecule has 3 heteroatoms. The lowest BCUT2D eigenvalue weighted by Gasteiger charge is -2.07. The van der Waals surface area contributed by atoms with Crippen LogP contribution >= 0.6 is 0 Å². The standard InChI is InChI=1S/C14H19N3/c1-3-17-14(7-8-16-17)11-15-10-13-6-4-5-12(2)9-13/h4-9,15H,3,10-11H2,1-2H3. The molecule has 0 amide bonds. The number of hydrogen-bond donors (Lipinski definition) is 1. The van der Waals surface area contributed by atoms with E-state index in [0.29, 0.717) is 0 Å². The molecule has 90 valence electrons. The third-order valence-electron chi connectivity index (χ3n) is 2.82. The van der Waals surface area contributed by atoms with Crippen LogP contribution in [0.2, 0.25) is 0 Å². The molecule has 0 unspecified atom stereocenters. The normalized spacial score (nSPS) is 10.7. The molecular weight excluding hydrogens is 210 g/mol. The molecule has 0 aliphatic rings. The zero-order chi connectivity index (χ0) is 12.1. The largest absolute Gasteiger partial charge is 0.307 e. The number of rotatable bonds is 5. The maximum absolute atomic E-state index is 4.25. The van der Waals surface area contributed by atoms with E-state index in [9.17, 15) is 0 Å². The molecule has 0 aliphatic heterocycles. The Morgan fingerprint density at radius 3 is 2.88 bits per heavy atom. The summed E-state index contributed by atoms with van der Waals surface area (Å²) in [5.74, 6) is 0. The Kier molecular flexibility index (Phi) is 3.94. The molecule has 0 bridgehead atoms. The minimum Gasteiger partial charge on any atom is -0.307 e. The Balaban J connectivity index is 1.87. The van der Waals surface area contributed by atoms with Gasteiger partial charge in [-0.25, -0.2) is 0 Å². The molecule has 1 heterocycles. The van der Waals surface area contributed by atoms with Crippen LogP contribution < -0.4 is 5.32 Å². The third kappa shape index (κ3) is 3.17. The van der Waals surface area contributed by atoms with Crippen LogP contribution in [0.3, 0.4) is 0 Å². The topological polar surface area (TPSA) is 29.9 Å². The minimum absolute atomic E-state index is 0.863.